The highest BCUT2D eigenvalue weighted by atomic mass is 32.1. The SMILES string of the molecule is CCOC(=O)CCN(CC1CC1)C(=O)CCc1nnc(-c2ccsc2)o1. The first-order valence-electron chi connectivity index (χ1n) is 8.94. The molecular weight excluding hydrogens is 354 g/mol. The summed E-state index contributed by atoms with van der Waals surface area (Å²) in [6.07, 6.45) is 3.22. The lowest BCUT2D eigenvalue weighted by Gasteiger charge is -2.22. The second-order valence-corrected chi connectivity index (χ2v) is 7.13. The zero-order valence-corrected chi connectivity index (χ0v) is 15.7. The van der Waals surface area contributed by atoms with Gasteiger partial charge >= 0.3 is 5.97 Å². The molecule has 1 amide bonds. The van der Waals surface area contributed by atoms with Crippen molar-refractivity contribution in [2.45, 2.75) is 39.0 Å². The van der Waals surface area contributed by atoms with Crippen LogP contribution >= 0.6 is 11.3 Å². The van der Waals surface area contributed by atoms with E-state index in [1.54, 1.807) is 23.2 Å². The minimum absolute atomic E-state index is 0.0106. The molecule has 0 unspecified atom stereocenters. The quantitative estimate of drug-likeness (QED) is 0.592. The summed E-state index contributed by atoms with van der Waals surface area (Å²) in [5.74, 6) is 1.24. The van der Waals surface area contributed by atoms with E-state index in [1.165, 1.54) is 0 Å². The van der Waals surface area contributed by atoms with Crippen molar-refractivity contribution in [1.82, 2.24) is 15.1 Å². The number of rotatable bonds is 10. The lowest BCUT2D eigenvalue weighted by atomic mass is 10.2. The molecule has 0 spiro atoms. The highest BCUT2D eigenvalue weighted by molar-refractivity contribution is 7.08. The number of ether oxygens (including phenoxy) is 1. The standard InChI is InChI=1S/C18H23N3O4S/c1-2-24-17(23)7-9-21(11-13-3-4-13)16(22)6-5-15-19-20-18(25-15)14-8-10-26-12-14/h8,10,12-13H,2-7,9,11H2,1H3. The second-order valence-electron chi connectivity index (χ2n) is 6.35. The van der Waals surface area contributed by atoms with Crippen molar-refractivity contribution in [2.75, 3.05) is 19.7 Å². The summed E-state index contributed by atoms with van der Waals surface area (Å²) < 4.78 is 10.6. The molecule has 0 saturated heterocycles. The number of amides is 1. The molecule has 2 aromatic heterocycles. The van der Waals surface area contributed by atoms with Gasteiger partial charge in [-0.05, 0) is 37.1 Å². The van der Waals surface area contributed by atoms with Crippen LogP contribution in [0.5, 0.6) is 0 Å². The Hall–Kier alpha value is -2.22. The van der Waals surface area contributed by atoms with Gasteiger partial charge in [0.1, 0.15) is 0 Å². The summed E-state index contributed by atoms with van der Waals surface area (Å²) in [6, 6.07) is 1.92. The van der Waals surface area contributed by atoms with Crippen LogP contribution in [0.15, 0.2) is 21.2 Å². The van der Waals surface area contributed by atoms with Crippen LogP contribution in [-0.2, 0) is 20.7 Å². The molecule has 0 N–H and O–H groups in total. The fourth-order valence-electron chi connectivity index (χ4n) is 2.62. The van der Waals surface area contributed by atoms with E-state index in [1.807, 2.05) is 16.8 Å². The lowest BCUT2D eigenvalue weighted by molar-refractivity contribution is -0.144. The molecule has 1 aliphatic carbocycles. The normalized spacial score (nSPS) is 13.6. The van der Waals surface area contributed by atoms with E-state index in [0.717, 1.165) is 18.4 Å². The Labute approximate surface area is 156 Å². The summed E-state index contributed by atoms with van der Waals surface area (Å²) in [6.45, 7) is 3.25. The topological polar surface area (TPSA) is 85.5 Å². The number of thiophene rings is 1. The Morgan fingerprint density at radius 3 is 2.88 bits per heavy atom. The summed E-state index contributed by atoms with van der Waals surface area (Å²) in [4.78, 5) is 25.9. The molecule has 3 rings (SSSR count). The molecule has 7 nitrogen and oxygen atoms in total. The molecule has 2 heterocycles. The van der Waals surface area contributed by atoms with Gasteiger partial charge in [0, 0.05) is 36.9 Å². The van der Waals surface area contributed by atoms with E-state index in [9.17, 15) is 9.59 Å². The van der Waals surface area contributed by atoms with Gasteiger partial charge in [0.05, 0.1) is 13.0 Å². The maximum Gasteiger partial charge on any atom is 0.307 e. The summed E-state index contributed by atoms with van der Waals surface area (Å²) >= 11 is 1.56. The van der Waals surface area contributed by atoms with Crippen LogP contribution in [0.2, 0.25) is 0 Å². The Balaban J connectivity index is 1.51. The summed E-state index contributed by atoms with van der Waals surface area (Å²) in [7, 11) is 0. The molecule has 0 bridgehead atoms. The van der Waals surface area contributed by atoms with Crippen molar-refractivity contribution in [3.8, 4) is 11.5 Å². The monoisotopic (exact) mass is 377 g/mol. The zero-order chi connectivity index (χ0) is 18.4. The number of aromatic nitrogens is 2. The Morgan fingerprint density at radius 1 is 1.35 bits per heavy atom. The van der Waals surface area contributed by atoms with E-state index < -0.39 is 0 Å². The zero-order valence-electron chi connectivity index (χ0n) is 14.8. The van der Waals surface area contributed by atoms with E-state index in [4.69, 9.17) is 9.15 Å². The first-order chi connectivity index (χ1) is 12.7. The average Bonchev–Trinajstić information content (AvgIpc) is 3.11. The van der Waals surface area contributed by atoms with Gasteiger partial charge < -0.3 is 14.1 Å². The van der Waals surface area contributed by atoms with Gasteiger partial charge in [0.25, 0.3) is 0 Å². The molecular formula is C18H23N3O4S. The molecule has 8 heteroatoms. The second kappa shape index (κ2) is 8.93. The van der Waals surface area contributed by atoms with Crippen molar-refractivity contribution < 1.29 is 18.7 Å². The predicted octanol–water partition coefficient (Wildman–Crippen LogP) is 2.92. The fourth-order valence-corrected chi connectivity index (χ4v) is 3.25. The van der Waals surface area contributed by atoms with Crippen molar-refractivity contribution >= 4 is 23.2 Å². The van der Waals surface area contributed by atoms with Crippen LogP contribution in [0, 0.1) is 5.92 Å². The number of carbonyl (C=O) groups excluding carboxylic acids is 2. The third-order valence-corrected chi connectivity index (χ3v) is 4.89. The minimum Gasteiger partial charge on any atom is -0.466 e. The van der Waals surface area contributed by atoms with Crippen LogP contribution in [0.4, 0.5) is 0 Å². The molecule has 0 aromatic carbocycles. The fraction of sp³-hybridized carbons (Fsp3) is 0.556. The number of aryl methyl sites for hydroxylation is 1. The van der Waals surface area contributed by atoms with Crippen LogP contribution in [0.25, 0.3) is 11.5 Å². The highest BCUT2D eigenvalue weighted by Gasteiger charge is 2.27. The molecule has 1 aliphatic rings. The summed E-state index contributed by atoms with van der Waals surface area (Å²) in [5.41, 5.74) is 0.893. The third-order valence-electron chi connectivity index (χ3n) is 4.21. The molecule has 1 fully saturated rings. The average molecular weight is 377 g/mol. The van der Waals surface area contributed by atoms with Crippen molar-refractivity contribution in [3.63, 3.8) is 0 Å². The van der Waals surface area contributed by atoms with Gasteiger partial charge in [-0.25, -0.2) is 0 Å². The molecule has 26 heavy (non-hydrogen) atoms. The van der Waals surface area contributed by atoms with E-state index in [-0.39, 0.29) is 18.3 Å². The molecule has 2 aromatic rings. The number of esters is 1. The predicted molar refractivity (Wildman–Crippen MR) is 96.5 cm³/mol. The Morgan fingerprint density at radius 2 is 2.19 bits per heavy atom. The molecule has 1 saturated carbocycles. The number of hydrogen-bond donors (Lipinski definition) is 0. The van der Waals surface area contributed by atoms with Gasteiger partial charge in [-0.1, -0.05) is 0 Å². The maximum absolute atomic E-state index is 12.6. The van der Waals surface area contributed by atoms with E-state index in [2.05, 4.69) is 10.2 Å². The smallest absolute Gasteiger partial charge is 0.307 e. The van der Waals surface area contributed by atoms with Gasteiger partial charge in [0.15, 0.2) is 0 Å². The van der Waals surface area contributed by atoms with Crippen LogP contribution in [-0.4, -0.2) is 46.7 Å². The van der Waals surface area contributed by atoms with Crippen LogP contribution in [0.3, 0.4) is 0 Å². The van der Waals surface area contributed by atoms with Crippen molar-refractivity contribution in [3.05, 3.63) is 22.7 Å². The lowest BCUT2D eigenvalue weighted by Crippen LogP contribution is -2.35. The molecule has 0 radical (unpaired) electrons. The van der Waals surface area contributed by atoms with Crippen LogP contribution < -0.4 is 0 Å². The number of carbonyl (C=O) groups is 2. The molecule has 0 atom stereocenters. The van der Waals surface area contributed by atoms with Gasteiger partial charge in [-0.3, -0.25) is 9.59 Å². The van der Waals surface area contributed by atoms with Gasteiger partial charge in [-0.2, -0.15) is 11.3 Å². The Bertz CT molecular complexity index is 725. The highest BCUT2D eigenvalue weighted by Crippen LogP contribution is 2.30. The maximum atomic E-state index is 12.6. The number of hydrogen-bond acceptors (Lipinski definition) is 7. The largest absolute Gasteiger partial charge is 0.466 e. The van der Waals surface area contributed by atoms with E-state index in [0.29, 0.717) is 50.2 Å². The Kier molecular flexibility index (Phi) is 6.38. The third kappa shape index (κ3) is 5.39. The van der Waals surface area contributed by atoms with Crippen molar-refractivity contribution in [1.29, 1.82) is 0 Å². The van der Waals surface area contributed by atoms with E-state index >= 15 is 0 Å². The first kappa shape index (κ1) is 18.6. The minimum atomic E-state index is -0.265. The van der Waals surface area contributed by atoms with Crippen LogP contribution in [0.1, 0.15) is 38.5 Å². The first-order valence-corrected chi connectivity index (χ1v) is 9.88. The molecule has 0 aliphatic heterocycles. The van der Waals surface area contributed by atoms with Crippen molar-refractivity contribution in [2.24, 2.45) is 5.92 Å². The van der Waals surface area contributed by atoms with Gasteiger partial charge in [-0.15, -0.1) is 10.2 Å². The summed E-state index contributed by atoms with van der Waals surface area (Å²) in [5, 5.41) is 11.9. The molecule has 140 valence electrons. The number of nitrogens with zero attached hydrogens (tertiary/aromatic N) is 3. The van der Waals surface area contributed by atoms with Gasteiger partial charge in [0.2, 0.25) is 17.7 Å².